The first-order valence-corrected chi connectivity index (χ1v) is 6.88. The molecule has 0 saturated carbocycles. The lowest BCUT2D eigenvalue weighted by atomic mass is 10.0. The van der Waals surface area contributed by atoms with Gasteiger partial charge < -0.3 is 10.1 Å². The number of benzene rings is 2. The molecule has 7 heteroatoms. The molecule has 2 N–H and O–H groups in total. The largest absolute Gasteiger partial charge is 0.477 e. The van der Waals surface area contributed by atoms with E-state index in [2.05, 4.69) is 4.98 Å². The first-order chi connectivity index (χ1) is 11.4. The Labute approximate surface area is 133 Å². The first-order valence-electron chi connectivity index (χ1n) is 6.88. The maximum atomic E-state index is 14.2. The molecular weight excluding hydrogens is 323 g/mol. The lowest BCUT2D eigenvalue weighted by Crippen LogP contribution is -2.16. The summed E-state index contributed by atoms with van der Waals surface area (Å²) in [4.78, 5) is 25.6. The molecule has 0 unspecified atom stereocenters. The van der Waals surface area contributed by atoms with E-state index in [1.165, 1.54) is 6.07 Å². The van der Waals surface area contributed by atoms with Crippen LogP contribution in [0.3, 0.4) is 0 Å². The molecule has 0 saturated heterocycles. The Morgan fingerprint density at radius 3 is 2.54 bits per heavy atom. The number of halogens is 3. The second-order valence-corrected chi connectivity index (χ2v) is 5.25. The van der Waals surface area contributed by atoms with Crippen molar-refractivity contribution in [2.75, 3.05) is 0 Å². The van der Waals surface area contributed by atoms with Crippen LogP contribution in [0, 0.1) is 17.5 Å². The van der Waals surface area contributed by atoms with Crippen LogP contribution in [0.25, 0.3) is 10.9 Å². The SMILES string of the molecule is O=C(O)c1c[nH]c2c(F)cc(Cc3cc(F)ccc3F)cc2c1=O. The molecule has 3 rings (SSSR count). The third-order valence-corrected chi connectivity index (χ3v) is 3.63. The Morgan fingerprint density at radius 1 is 1.08 bits per heavy atom. The summed E-state index contributed by atoms with van der Waals surface area (Å²) < 4.78 is 41.1. The zero-order valence-electron chi connectivity index (χ0n) is 12.1. The number of pyridine rings is 1. The Morgan fingerprint density at radius 2 is 1.83 bits per heavy atom. The quantitative estimate of drug-likeness (QED) is 0.773. The number of nitrogens with one attached hydrogen (secondary N) is 1. The highest BCUT2D eigenvalue weighted by Gasteiger charge is 2.15. The Kier molecular flexibility index (Phi) is 3.84. The summed E-state index contributed by atoms with van der Waals surface area (Å²) in [5.74, 6) is -3.53. The summed E-state index contributed by atoms with van der Waals surface area (Å²) in [6.07, 6.45) is 0.773. The van der Waals surface area contributed by atoms with Gasteiger partial charge in [0.05, 0.1) is 5.52 Å². The molecule has 1 aromatic heterocycles. The Bertz CT molecular complexity index is 1030. The van der Waals surface area contributed by atoms with Crippen molar-refractivity contribution in [1.29, 1.82) is 0 Å². The number of hydrogen-bond donors (Lipinski definition) is 2. The molecule has 0 atom stereocenters. The minimum atomic E-state index is -1.44. The predicted molar refractivity (Wildman–Crippen MR) is 80.7 cm³/mol. The van der Waals surface area contributed by atoms with Crippen molar-refractivity contribution < 1.29 is 23.1 Å². The van der Waals surface area contributed by atoms with Gasteiger partial charge in [0, 0.05) is 18.0 Å². The Balaban J connectivity index is 2.16. The minimum absolute atomic E-state index is 0.000400. The third kappa shape index (κ3) is 2.76. The van der Waals surface area contributed by atoms with E-state index in [0.717, 1.165) is 30.5 Å². The van der Waals surface area contributed by atoms with Gasteiger partial charge in [-0.1, -0.05) is 0 Å². The van der Waals surface area contributed by atoms with E-state index >= 15 is 0 Å². The van der Waals surface area contributed by atoms with E-state index in [9.17, 15) is 22.8 Å². The number of carboxylic acid groups (broad SMARTS) is 1. The molecule has 0 bridgehead atoms. The van der Waals surface area contributed by atoms with Gasteiger partial charge in [0.15, 0.2) is 0 Å². The van der Waals surface area contributed by atoms with Gasteiger partial charge in [-0.2, -0.15) is 0 Å². The first kappa shape index (κ1) is 15.8. The van der Waals surface area contributed by atoms with Crippen molar-refractivity contribution >= 4 is 16.9 Å². The van der Waals surface area contributed by atoms with Crippen molar-refractivity contribution in [2.24, 2.45) is 0 Å². The molecule has 24 heavy (non-hydrogen) atoms. The summed E-state index contributed by atoms with van der Waals surface area (Å²) >= 11 is 0. The van der Waals surface area contributed by atoms with E-state index in [1.807, 2.05) is 0 Å². The molecule has 2 aromatic carbocycles. The highest BCUT2D eigenvalue weighted by Crippen LogP contribution is 2.20. The van der Waals surface area contributed by atoms with E-state index in [1.54, 1.807) is 0 Å². The van der Waals surface area contributed by atoms with E-state index in [-0.39, 0.29) is 28.5 Å². The lowest BCUT2D eigenvalue weighted by molar-refractivity contribution is 0.0695. The zero-order valence-corrected chi connectivity index (χ0v) is 12.1. The van der Waals surface area contributed by atoms with Crippen molar-refractivity contribution in [3.8, 4) is 0 Å². The van der Waals surface area contributed by atoms with Crippen LogP contribution in [0.5, 0.6) is 0 Å². The normalized spacial score (nSPS) is 11.0. The Hall–Kier alpha value is -3.09. The average molecular weight is 333 g/mol. The number of rotatable bonds is 3. The van der Waals surface area contributed by atoms with Crippen LogP contribution in [0.2, 0.25) is 0 Å². The molecule has 4 nitrogen and oxygen atoms in total. The highest BCUT2D eigenvalue weighted by atomic mass is 19.1. The molecule has 0 radical (unpaired) electrons. The fraction of sp³-hybridized carbons (Fsp3) is 0.0588. The second-order valence-electron chi connectivity index (χ2n) is 5.25. The summed E-state index contributed by atoms with van der Waals surface area (Å²) in [5.41, 5.74) is -1.31. The number of aromatic amines is 1. The van der Waals surface area contributed by atoms with Gasteiger partial charge in [0.2, 0.25) is 5.43 Å². The molecule has 0 amide bonds. The molecule has 0 aliphatic rings. The smallest absolute Gasteiger partial charge is 0.341 e. The standard InChI is InChI=1S/C17H10F3NO3/c18-10-1-2-13(19)9(6-10)3-8-4-11-15(14(20)5-8)21-7-12(16(11)22)17(23)24/h1-2,4-7H,3H2,(H,21,22)(H,23,24). The van der Waals surface area contributed by atoms with Crippen molar-refractivity contribution in [3.63, 3.8) is 0 Å². The number of aromatic carboxylic acids is 1. The van der Waals surface area contributed by atoms with E-state index in [0.29, 0.717) is 0 Å². The maximum Gasteiger partial charge on any atom is 0.341 e. The molecular formula is C17H10F3NO3. The summed E-state index contributed by atoms with van der Waals surface area (Å²) in [6, 6.07) is 5.26. The number of carbonyl (C=O) groups is 1. The van der Waals surface area contributed by atoms with E-state index < -0.39 is 34.4 Å². The number of H-pyrrole nitrogens is 1. The predicted octanol–water partition coefficient (Wildman–Crippen LogP) is 3.23. The van der Waals surface area contributed by atoms with Gasteiger partial charge in [0.1, 0.15) is 23.0 Å². The van der Waals surface area contributed by atoms with Gasteiger partial charge in [-0.05, 0) is 41.5 Å². The monoisotopic (exact) mass is 333 g/mol. The molecule has 0 aliphatic heterocycles. The third-order valence-electron chi connectivity index (χ3n) is 3.63. The molecule has 0 spiro atoms. The molecule has 1 heterocycles. The molecule has 0 fully saturated rings. The summed E-state index contributed by atoms with van der Waals surface area (Å²) in [6.45, 7) is 0. The number of aromatic nitrogens is 1. The number of carboxylic acids is 1. The topological polar surface area (TPSA) is 70.2 Å². The van der Waals surface area contributed by atoms with Crippen molar-refractivity contribution in [3.05, 3.63) is 80.9 Å². The van der Waals surface area contributed by atoms with Crippen LogP contribution in [-0.2, 0) is 6.42 Å². The fourth-order valence-corrected chi connectivity index (χ4v) is 2.50. The molecule has 0 aliphatic carbocycles. The number of fused-ring (bicyclic) bond motifs is 1. The maximum absolute atomic E-state index is 14.2. The van der Waals surface area contributed by atoms with Crippen LogP contribution in [0.15, 0.2) is 41.3 Å². The summed E-state index contributed by atoms with van der Waals surface area (Å²) in [7, 11) is 0. The van der Waals surface area contributed by atoms with Crippen LogP contribution >= 0.6 is 0 Å². The fourth-order valence-electron chi connectivity index (χ4n) is 2.50. The average Bonchev–Trinajstić information content (AvgIpc) is 2.51. The van der Waals surface area contributed by atoms with Gasteiger partial charge >= 0.3 is 5.97 Å². The number of hydrogen-bond acceptors (Lipinski definition) is 2. The van der Waals surface area contributed by atoms with Crippen LogP contribution in [0.4, 0.5) is 13.2 Å². The van der Waals surface area contributed by atoms with Crippen molar-refractivity contribution in [2.45, 2.75) is 6.42 Å². The van der Waals surface area contributed by atoms with Gasteiger partial charge in [-0.15, -0.1) is 0 Å². The van der Waals surface area contributed by atoms with E-state index in [4.69, 9.17) is 5.11 Å². The van der Waals surface area contributed by atoms with Gasteiger partial charge in [-0.25, -0.2) is 18.0 Å². The molecule has 122 valence electrons. The van der Waals surface area contributed by atoms with Crippen LogP contribution in [0.1, 0.15) is 21.5 Å². The van der Waals surface area contributed by atoms with Gasteiger partial charge in [0.25, 0.3) is 0 Å². The summed E-state index contributed by atoms with van der Waals surface area (Å²) in [5, 5.41) is 8.80. The zero-order chi connectivity index (χ0) is 17.4. The van der Waals surface area contributed by atoms with Crippen molar-refractivity contribution in [1.82, 2.24) is 4.98 Å². The second kappa shape index (κ2) is 5.84. The molecule has 3 aromatic rings. The lowest BCUT2D eigenvalue weighted by Gasteiger charge is -2.07. The van der Waals surface area contributed by atoms with Gasteiger partial charge in [-0.3, -0.25) is 4.79 Å². The highest BCUT2D eigenvalue weighted by molar-refractivity contribution is 5.92. The minimum Gasteiger partial charge on any atom is -0.477 e. The van der Waals surface area contributed by atoms with Crippen LogP contribution in [-0.4, -0.2) is 16.1 Å². The van der Waals surface area contributed by atoms with Crippen LogP contribution < -0.4 is 5.43 Å².